The molecule has 1 nitrogen and oxygen atoms in total. The summed E-state index contributed by atoms with van der Waals surface area (Å²) >= 11 is 0. The Kier molecular flexibility index (Phi) is 7.80. The van der Waals surface area contributed by atoms with E-state index in [-0.39, 0.29) is 0 Å². The fourth-order valence-corrected chi connectivity index (χ4v) is 2.35. The predicted molar refractivity (Wildman–Crippen MR) is 85.6 cm³/mol. The monoisotopic (exact) mass is 268 g/mol. The highest BCUT2D eigenvalue weighted by atomic mass is 28.4. The zero-order valence-corrected chi connectivity index (χ0v) is 14.3. The minimum atomic E-state index is -1.58. The van der Waals surface area contributed by atoms with E-state index in [1.807, 2.05) is 0 Å². The Morgan fingerprint density at radius 3 is 2.39 bits per heavy atom. The highest BCUT2D eigenvalue weighted by Gasteiger charge is 2.36. The third kappa shape index (κ3) is 7.17. The highest BCUT2D eigenvalue weighted by Crippen LogP contribution is 2.36. The van der Waals surface area contributed by atoms with E-state index in [2.05, 4.69) is 59.5 Å². The van der Waals surface area contributed by atoms with Crippen molar-refractivity contribution in [2.24, 2.45) is 0 Å². The number of rotatable bonds is 8. The Bertz CT molecular complexity index is 271. The van der Waals surface area contributed by atoms with E-state index in [0.717, 1.165) is 13.0 Å². The summed E-state index contributed by atoms with van der Waals surface area (Å²) in [5.41, 5.74) is 1.19. The number of unbranched alkanes of at least 4 members (excludes halogenated alkanes) is 2. The van der Waals surface area contributed by atoms with Crippen molar-refractivity contribution < 1.29 is 4.43 Å². The van der Waals surface area contributed by atoms with E-state index in [0.29, 0.717) is 5.04 Å². The van der Waals surface area contributed by atoms with Gasteiger partial charge in [-0.2, -0.15) is 0 Å². The molecular weight excluding hydrogens is 236 g/mol. The van der Waals surface area contributed by atoms with Crippen LogP contribution >= 0.6 is 0 Å². The Hall–Kier alpha value is -0.343. The van der Waals surface area contributed by atoms with Gasteiger partial charge >= 0.3 is 0 Å². The van der Waals surface area contributed by atoms with Gasteiger partial charge in [0.05, 0.1) is 0 Å². The normalized spacial score (nSPS) is 13.2. The molecule has 0 aliphatic heterocycles. The Morgan fingerprint density at radius 2 is 1.89 bits per heavy atom. The summed E-state index contributed by atoms with van der Waals surface area (Å²) in [5, 5.41) is 0.297. The van der Waals surface area contributed by atoms with Crippen molar-refractivity contribution in [3.05, 3.63) is 24.3 Å². The third-order valence-corrected chi connectivity index (χ3v) is 8.31. The Balaban J connectivity index is 3.91. The van der Waals surface area contributed by atoms with Gasteiger partial charge in [0.15, 0.2) is 8.32 Å². The van der Waals surface area contributed by atoms with Crippen molar-refractivity contribution in [1.82, 2.24) is 0 Å². The lowest BCUT2D eigenvalue weighted by molar-refractivity contribution is 0.292. The van der Waals surface area contributed by atoms with Crippen LogP contribution in [-0.2, 0) is 4.43 Å². The lowest BCUT2D eigenvalue weighted by atomic mass is 10.2. The molecule has 0 aromatic heterocycles. The van der Waals surface area contributed by atoms with Gasteiger partial charge in [0, 0.05) is 6.61 Å². The van der Waals surface area contributed by atoms with E-state index in [4.69, 9.17) is 4.43 Å². The molecule has 0 bridgehead atoms. The summed E-state index contributed by atoms with van der Waals surface area (Å²) < 4.78 is 6.14. The summed E-state index contributed by atoms with van der Waals surface area (Å²) in [5.74, 6) is 0. The van der Waals surface area contributed by atoms with Crippen LogP contribution in [0.2, 0.25) is 18.1 Å². The van der Waals surface area contributed by atoms with Crippen molar-refractivity contribution in [2.75, 3.05) is 6.61 Å². The largest absolute Gasteiger partial charge is 0.416 e. The van der Waals surface area contributed by atoms with Crippen LogP contribution < -0.4 is 0 Å². The van der Waals surface area contributed by atoms with Gasteiger partial charge in [0.25, 0.3) is 0 Å². The first-order chi connectivity index (χ1) is 8.20. The molecule has 0 radical (unpaired) electrons. The van der Waals surface area contributed by atoms with E-state index < -0.39 is 8.32 Å². The second kappa shape index (κ2) is 7.95. The molecule has 0 fully saturated rings. The van der Waals surface area contributed by atoms with Gasteiger partial charge in [0.2, 0.25) is 0 Å². The van der Waals surface area contributed by atoms with Gasteiger partial charge in [-0.1, -0.05) is 64.8 Å². The van der Waals surface area contributed by atoms with E-state index in [1.165, 1.54) is 24.8 Å². The molecule has 0 N–H and O–H groups in total. The molecule has 0 atom stereocenters. The molecule has 0 saturated heterocycles. The van der Waals surface area contributed by atoms with Crippen LogP contribution in [0.4, 0.5) is 0 Å². The first kappa shape index (κ1) is 17.7. The highest BCUT2D eigenvalue weighted by molar-refractivity contribution is 6.74. The fraction of sp³-hybridized carbons (Fsp3) is 0.750. The minimum absolute atomic E-state index is 0.297. The van der Waals surface area contributed by atoms with Crippen LogP contribution in [0, 0.1) is 0 Å². The van der Waals surface area contributed by atoms with Crippen LogP contribution in [-0.4, -0.2) is 14.9 Å². The molecule has 0 aliphatic carbocycles. The molecule has 0 aromatic rings. The smallest absolute Gasteiger partial charge is 0.191 e. The first-order valence-corrected chi connectivity index (χ1v) is 10.1. The van der Waals surface area contributed by atoms with Crippen LogP contribution in [0.1, 0.15) is 53.4 Å². The van der Waals surface area contributed by atoms with E-state index in [9.17, 15) is 0 Å². The van der Waals surface area contributed by atoms with Crippen LogP contribution in [0.5, 0.6) is 0 Å². The summed E-state index contributed by atoms with van der Waals surface area (Å²) in [4.78, 5) is 0. The van der Waals surface area contributed by atoms with Crippen LogP contribution in [0.25, 0.3) is 0 Å². The third-order valence-electron chi connectivity index (χ3n) is 3.77. The van der Waals surface area contributed by atoms with Gasteiger partial charge in [-0.3, -0.25) is 0 Å². The number of hydrogen-bond donors (Lipinski definition) is 0. The molecule has 0 saturated carbocycles. The van der Waals surface area contributed by atoms with Gasteiger partial charge in [-0.15, -0.1) is 0 Å². The lowest BCUT2D eigenvalue weighted by Crippen LogP contribution is -2.40. The molecule has 0 unspecified atom stereocenters. The molecule has 0 rings (SSSR count). The van der Waals surface area contributed by atoms with Crippen molar-refractivity contribution in [3.63, 3.8) is 0 Å². The van der Waals surface area contributed by atoms with Crippen molar-refractivity contribution in [2.45, 2.75) is 71.5 Å². The van der Waals surface area contributed by atoms with Gasteiger partial charge in [0.1, 0.15) is 0 Å². The summed E-state index contributed by atoms with van der Waals surface area (Å²) in [7, 11) is -1.58. The summed E-state index contributed by atoms with van der Waals surface area (Å²) in [6.45, 7) is 18.5. The molecular formula is C16H32OSi. The molecule has 0 aromatic carbocycles. The maximum atomic E-state index is 6.14. The molecule has 0 amide bonds. The molecule has 0 heterocycles. The standard InChI is InChI=1S/C16H32OSi/c1-8-9-10-11-12-15(2)13-14-17-18(6,7)16(3,4)5/h11-12H,2,8-10,13-14H2,1,3-7H3/b12-11+. The lowest BCUT2D eigenvalue weighted by Gasteiger charge is -2.36. The molecule has 18 heavy (non-hydrogen) atoms. The number of allylic oxidation sites excluding steroid dienone is 2. The Labute approximate surface area is 115 Å². The SMILES string of the molecule is C=C(/C=C/CCCC)CCO[Si](C)(C)C(C)(C)C. The average molecular weight is 269 g/mol. The quantitative estimate of drug-likeness (QED) is 0.312. The zero-order chi connectivity index (χ0) is 14.2. The Morgan fingerprint density at radius 1 is 1.28 bits per heavy atom. The van der Waals surface area contributed by atoms with Crippen LogP contribution in [0.3, 0.4) is 0 Å². The second-order valence-electron chi connectivity index (χ2n) is 6.56. The van der Waals surface area contributed by atoms with Crippen molar-refractivity contribution in [3.8, 4) is 0 Å². The van der Waals surface area contributed by atoms with Gasteiger partial charge in [-0.05, 0) is 31.0 Å². The van der Waals surface area contributed by atoms with Crippen LogP contribution in [0.15, 0.2) is 24.3 Å². The molecule has 0 spiro atoms. The van der Waals surface area contributed by atoms with Crippen molar-refractivity contribution >= 4 is 8.32 Å². The fourth-order valence-electron chi connectivity index (χ4n) is 1.31. The maximum Gasteiger partial charge on any atom is 0.191 e. The predicted octanol–water partition coefficient (Wildman–Crippen LogP) is 5.70. The van der Waals surface area contributed by atoms with Gasteiger partial charge < -0.3 is 4.43 Å². The number of hydrogen-bond acceptors (Lipinski definition) is 1. The second-order valence-corrected chi connectivity index (χ2v) is 11.4. The topological polar surface area (TPSA) is 9.23 Å². The molecule has 106 valence electrons. The molecule has 0 aliphatic rings. The maximum absolute atomic E-state index is 6.14. The van der Waals surface area contributed by atoms with Crippen molar-refractivity contribution in [1.29, 1.82) is 0 Å². The van der Waals surface area contributed by atoms with E-state index >= 15 is 0 Å². The first-order valence-electron chi connectivity index (χ1n) is 7.19. The van der Waals surface area contributed by atoms with Gasteiger partial charge in [-0.25, -0.2) is 0 Å². The molecule has 2 heteroatoms. The zero-order valence-electron chi connectivity index (χ0n) is 13.3. The van der Waals surface area contributed by atoms with E-state index in [1.54, 1.807) is 0 Å². The average Bonchev–Trinajstić information content (AvgIpc) is 2.22. The summed E-state index contributed by atoms with van der Waals surface area (Å²) in [6, 6.07) is 0. The summed E-state index contributed by atoms with van der Waals surface area (Å²) in [6.07, 6.45) is 9.03. The minimum Gasteiger partial charge on any atom is -0.416 e.